The van der Waals surface area contributed by atoms with E-state index in [0.29, 0.717) is 19.3 Å². The van der Waals surface area contributed by atoms with Crippen molar-refractivity contribution in [1.82, 2.24) is 10.3 Å². The van der Waals surface area contributed by atoms with Crippen LogP contribution in [0.25, 0.3) is 10.9 Å². The first-order valence-electron chi connectivity index (χ1n) is 7.10. The largest absolute Gasteiger partial charge is 0.350 e. The molecule has 0 bridgehead atoms. The number of likely N-dealkylation sites (N-methyl/N-ethyl adjacent to an activating group) is 1. The van der Waals surface area contributed by atoms with Crippen molar-refractivity contribution in [2.24, 2.45) is 0 Å². The van der Waals surface area contributed by atoms with Gasteiger partial charge in [0.25, 0.3) is 0 Å². The number of ether oxygens (including phenoxy) is 2. The second-order valence-corrected chi connectivity index (χ2v) is 5.08. The molecule has 106 valence electrons. The Balaban J connectivity index is 1.76. The fourth-order valence-electron chi connectivity index (χ4n) is 2.68. The first-order chi connectivity index (χ1) is 9.86. The van der Waals surface area contributed by atoms with E-state index in [9.17, 15) is 0 Å². The zero-order valence-corrected chi connectivity index (χ0v) is 11.7. The molecule has 0 aliphatic carbocycles. The molecule has 1 aromatic heterocycles. The number of fused-ring (bicyclic) bond motifs is 1. The number of aromatic nitrogens is 1. The summed E-state index contributed by atoms with van der Waals surface area (Å²) in [5.74, 6) is 0. The Morgan fingerprint density at radius 3 is 2.85 bits per heavy atom. The van der Waals surface area contributed by atoms with Crippen LogP contribution in [0.2, 0.25) is 0 Å². The Labute approximate surface area is 119 Å². The first kappa shape index (κ1) is 13.5. The molecule has 1 aromatic carbocycles. The summed E-state index contributed by atoms with van der Waals surface area (Å²) in [7, 11) is 1.99. The highest BCUT2D eigenvalue weighted by molar-refractivity contribution is 5.81. The van der Waals surface area contributed by atoms with E-state index in [1.54, 1.807) is 0 Å². The lowest BCUT2D eigenvalue weighted by Gasteiger charge is -2.20. The molecule has 2 heterocycles. The van der Waals surface area contributed by atoms with Crippen LogP contribution in [0.1, 0.15) is 12.0 Å². The minimum Gasteiger partial charge on any atom is -0.350 e. The fraction of sp³-hybridized carbons (Fsp3) is 0.438. The molecule has 1 fully saturated rings. The second-order valence-electron chi connectivity index (χ2n) is 5.08. The van der Waals surface area contributed by atoms with Crippen LogP contribution >= 0.6 is 0 Å². The molecule has 3 rings (SSSR count). The number of nitrogens with one attached hydrogen (secondary N) is 1. The quantitative estimate of drug-likeness (QED) is 0.905. The number of hydrogen-bond donors (Lipinski definition) is 1. The Morgan fingerprint density at radius 1 is 1.25 bits per heavy atom. The maximum atomic E-state index is 5.54. The van der Waals surface area contributed by atoms with Gasteiger partial charge in [-0.1, -0.05) is 18.2 Å². The number of pyridine rings is 1. The zero-order chi connectivity index (χ0) is 13.8. The Bertz CT molecular complexity index is 562. The van der Waals surface area contributed by atoms with E-state index in [2.05, 4.69) is 34.6 Å². The van der Waals surface area contributed by atoms with Crippen molar-refractivity contribution >= 4 is 10.9 Å². The van der Waals surface area contributed by atoms with Crippen LogP contribution in [0, 0.1) is 0 Å². The lowest BCUT2D eigenvalue weighted by molar-refractivity contribution is -0.0522. The standard InChI is InChI=1S/C16H20N2O2/c1-17-13(11-16-19-8-9-20-16)10-12-6-7-18-15-5-3-2-4-14(12)15/h2-7,13,16-17H,8-11H2,1H3. The van der Waals surface area contributed by atoms with Gasteiger partial charge >= 0.3 is 0 Å². The fourth-order valence-corrected chi connectivity index (χ4v) is 2.68. The highest BCUT2D eigenvalue weighted by Crippen LogP contribution is 2.20. The van der Waals surface area contributed by atoms with Crippen LogP contribution in [-0.4, -0.2) is 37.6 Å². The summed E-state index contributed by atoms with van der Waals surface area (Å²) in [5.41, 5.74) is 2.36. The van der Waals surface area contributed by atoms with Crippen molar-refractivity contribution in [3.63, 3.8) is 0 Å². The topological polar surface area (TPSA) is 43.4 Å². The number of benzene rings is 1. The van der Waals surface area contributed by atoms with Crippen molar-refractivity contribution in [2.45, 2.75) is 25.2 Å². The summed E-state index contributed by atoms with van der Waals surface area (Å²) in [5, 5.41) is 4.59. The molecule has 0 spiro atoms. The minimum absolute atomic E-state index is 0.0689. The third-order valence-electron chi connectivity index (χ3n) is 3.78. The van der Waals surface area contributed by atoms with E-state index >= 15 is 0 Å². The molecule has 4 nitrogen and oxygen atoms in total. The van der Waals surface area contributed by atoms with Crippen LogP contribution in [-0.2, 0) is 15.9 Å². The van der Waals surface area contributed by atoms with Crippen molar-refractivity contribution in [3.8, 4) is 0 Å². The van der Waals surface area contributed by atoms with Gasteiger partial charge in [-0.05, 0) is 31.2 Å². The predicted molar refractivity (Wildman–Crippen MR) is 78.6 cm³/mol. The van der Waals surface area contributed by atoms with Gasteiger partial charge in [-0.25, -0.2) is 0 Å². The second kappa shape index (κ2) is 6.31. The number of rotatable bonds is 5. The first-order valence-corrected chi connectivity index (χ1v) is 7.10. The summed E-state index contributed by atoms with van der Waals surface area (Å²) in [6.45, 7) is 1.42. The molecular formula is C16H20N2O2. The summed E-state index contributed by atoms with van der Waals surface area (Å²) in [6.07, 6.45) is 3.63. The minimum atomic E-state index is -0.0689. The maximum absolute atomic E-state index is 5.54. The number of nitrogens with zero attached hydrogens (tertiary/aromatic N) is 1. The van der Waals surface area contributed by atoms with E-state index in [-0.39, 0.29) is 6.29 Å². The molecule has 20 heavy (non-hydrogen) atoms. The molecule has 1 aliphatic rings. The summed E-state index contributed by atoms with van der Waals surface area (Å²) < 4.78 is 11.1. The third kappa shape index (κ3) is 2.98. The molecule has 2 aromatic rings. The van der Waals surface area contributed by atoms with E-state index in [1.807, 2.05) is 19.3 Å². The summed E-state index contributed by atoms with van der Waals surface area (Å²) >= 11 is 0. The molecule has 0 radical (unpaired) electrons. The Hall–Kier alpha value is -1.49. The zero-order valence-electron chi connectivity index (χ0n) is 11.7. The van der Waals surface area contributed by atoms with Gasteiger partial charge in [-0.2, -0.15) is 0 Å². The average molecular weight is 272 g/mol. The van der Waals surface area contributed by atoms with Gasteiger partial charge in [-0.15, -0.1) is 0 Å². The molecule has 0 amide bonds. The lowest BCUT2D eigenvalue weighted by Crippen LogP contribution is -2.32. The molecule has 4 heteroatoms. The van der Waals surface area contributed by atoms with Gasteiger partial charge in [0.15, 0.2) is 6.29 Å². The molecule has 1 N–H and O–H groups in total. The van der Waals surface area contributed by atoms with Gasteiger partial charge in [0.05, 0.1) is 18.7 Å². The molecule has 1 aliphatic heterocycles. The smallest absolute Gasteiger partial charge is 0.159 e. The van der Waals surface area contributed by atoms with E-state index in [0.717, 1.165) is 18.4 Å². The highest BCUT2D eigenvalue weighted by Gasteiger charge is 2.21. The Kier molecular flexibility index (Phi) is 4.25. The van der Waals surface area contributed by atoms with Gasteiger partial charge in [-0.3, -0.25) is 4.98 Å². The van der Waals surface area contributed by atoms with Crippen LogP contribution in [0.5, 0.6) is 0 Å². The molecule has 1 saturated heterocycles. The number of hydrogen-bond acceptors (Lipinski definition) is 4. The monoisotopic (exact) mass is 272 g/mol. The Morgan fingerprint density at radius 2 is 2.05 bits per heavy atom. The molecule has 1 unspecified atom stereocenters. The maximum Gasteiger partial charge on any atom is 0.159 e. The normalized spacial score (nSPS) is 17.6. The highest BCUT2D eigenvalue weighted by atomic mass is 16.7. The molecule has 0 saturated carbocycles. The predicted octanol–water partition coefficient (Wildman–Crippen LogP) is 2.13. The van der Waals surface area contributed by atoms with Crippen molar-refractivity contribution in [2.75, 3.05) is 20.3 Å². The molecule has 1 atom stereocenters. The van der Waals surface area contributed by atoms with Crippen molar-refractivity contribution in [3.05, 3.63) is 42.1 Å². The third-order valence-corrected chi connectivity index (χ3v) is 3.78. The summed E-state index contributed by atoms with van der Waals surface area (Å²) in [4.78, 5) is 4.41. The van der Waals surface area contributed by atoms with E-state index in [4.69, 9.17) is 9.47 Å². The van der Waals surface area contributed by atoms with Crippen LogP contribution in [0.15, 0.2) is 36.5 Å². The lowest BCUT2D eigenvalue weighted by atomic mass is 10.00. The van der Waals surface area contributed by atoms with Gasteiger partial charge in [0, 0.05) is 24.0 Å². The van der Waals surface area contributed by atoms with E-state index in [1.165, 1.54) is 10.9 Å². The van der Waals surface area contributed by atoms with Crippen molar-refractivity contribution < 1.29 is 9.47 Å². The van der Waals surface area contributed by atoms with E-state index < -0.39 is 0 Å². The van der Waals surface area contributed by atoms with Crippen molar-refractivity contribution in [1.29, 1.82) is 0 Å². The van der Waals surface area contributed by atoms with Gasteiger partial charge < -0.3 is 14.8 Å². The summed E-state index contributed by atoms with van der Waals surface area (Å²) in [6, 6.07) is 10.7. The van der Waals surface area contributed by atoms with Crippen LogP contribution in [0.3, 0.4) is 0 Å². The van der Waals surface area contributed by atoms with Crippen LogP contribution < -0.4 is 5.32 Å². The van der Waals surface area contributed by atoms with Gasteiger partial charge in [0.1, 0.15) is 0 Å². The average Bonchev–Trinajstić information content (AvgIpc) is 3.00. The van der Waals surface area contributed by atoms with Gasteiger partial charge in [0.2, 0.25) is 0 Å². The SMILES string of the molecule is CNC(Cc1ccnc2ccccc12)CC1OCCO1. The van der Waals surface area contributed by atoms with Crippen LogP contribution in [0.4, 0.5) is 0 Å². The molecular weight excluding hydrogens is 252 g/mol. The number of para-hydroxylation sites is 1.